The van der Waals surface area contributed by atoms with Crippen molar-refractivity contribution in [3.05, 3.63) is 0 Å². The Morgan fingerprint density at radius 1 is 1.44 bits per heavy atom. The Morgan fingerprint density at radius 2 is 2.19 bits per heavy atom. The molecule has 0 aromatic rings. The van der Waals surface area contributed by atoms with Gasteiger partial charge in [0.25, 0.3) is 0 Å². The SMILES string of the molecule is O=C(NCC1(CO)CCCC1)C1CCNC1. The molecule has 0 aromatic carbocycles. The van der Waals surface area contributed by atoms with Crippen LogP contribution in [0.25, 0.3) is 0 Å². The van der Waals surface area contributed by atoms with Crippen LogP contribution in [0.5, 0.6) is 0 Å². The predicted molar refractivity (Wildman–Crippen MR) is 62.0 cm³/mol. The Balaban J connectivity index is 1.79. The summed E-state index contributed by atoms with van der Waals surface area (Å²) in [6.07, 6.45) is 5.40. The second kappa shape index (κ2) is 5.15. The van der Waals surface area contributed by atoms with Gasteiger partial charge in [-0.15, -0.1) is 0 Å². The van der Waals surface area contributed by atoms with Crippen LogP contribution in [0.15, 0.2) is 0 Å². The molecule has 1 aliphatic heterocycles. The van der Waals surface area contributed by atoms with Gasteiger partial charge in [-0.1, -0.05) is 12.8 Å². The zero-order valence-corrected chi connectivity index (χ0v) is 9.80. The molecule has 1 saturated heterocycles. The highest BCUT2D eigenvalue weighted by Gasteiger charge is 2.34. The first-order valence-electron chi connectivity index (χ1n) is 6.35. The average molecular weight is 226 g/mol. The number of carbonyl (C=O) groups excluding carboxylic acids is 1. The van der Waals surface area contributed by atoms with Crippen molar-refractivity contribution in [1.29, 1.82) is 0 Å². The van der Waals surface area contributed by atoms with Gasteiger partial charge in [0.1, 0.15) is 0 Å². The van der Waals surface area contributed by atoms with E-state index in [1.165, 1.54) is 12.8 Å². The molecule has 1 amide bonds. The van der Waals surface area contributed by atoms with E-state index in [0.717, 1.165) is 32.4 Å². The van der Waals surface area contributed by atoms with E-state index in [-0.39, 0.29) is 23.8 Å². The van der Waals surface area contributed by atoms with Crippen molar-refractivity contribution in [3.8, 4) is 0 Å². The fourth-order valence-corrected chi connectivity index (χ4v) is 2.81. The minimum absolute atomic E-state index is 0.0261. The van der Waals surface area contributed by atoms with Crippen LogP contribution in [0.3, 0.4) is 0 Å². The Bertz CT molecular complexity index is 243. The van der Waals surface area contributed by atoms with Gasteiger partial charge >= 0.3 is 0 Å². The molecular formula is C12H22N2O2. The van der Waals surface area contributed by atoms with Crippen LogP contribution in [0, 0.1) is 11.3 Å². The van der Waals surface area contributed by atoms with Crippen molar-refractivity contribution in [2.45, 2.75) is 32.1 Å². The predicted octanol–water partition coefficient (Wildman–Crippen LogP) is 0.265. The molecule has 4 heteroatoms. The van der Waals surface area contributed by atoms with Gasteiger partial charge in [0.05, 0.1) is 12.5 Å². The molecule has 1 unspecified atom stereocenters. The summed E-state index contributed by atoms with van der Waals surface area (Å²) >= 11 is 0. The molecule has 1 atom stereocenters. The largest absolute Gasteiger partial charge is 0.396 e. The fraction of sp³-hybridized carbons (Fsp3) is 0.917. The van der Waals surface area contributed by atoms with E-state index in [9.17, 15) is 9.90 Å². The zero-order chi connectivity index (χ0) is 11.4. The van der Waals surface area contributed by atoms with Crippen LogP contribution in [-0.2, 0) is 4.79 Å². The highest BCUT2D eigenvalue weighted by atomic mass is 16.3. The number of aliphatic hydroxyl groups is 1. The number of nitrogens with one attached hydrogen (secondary N) is 2. The summed E-state index contributed by atoms with van der Waals surface area (Å²) in [6.45, 7) is 2.61. The van der Waals surface area contributed by atoms with E-state index in [1.54, 1.807) is 0 Å². The van der Waals surface area contributed by atoms with Crippen molar-refractivity contribution in [2.24, 2.45) is 11.3 Å². The third-order valence-electron chi connectivity index (χ3n) is 4.07. The first-order valence-corrected chi connectivity index (χ1v) is 6.35. The molecule has 0 spiro atoms. The quantitative estimate of drug-likeness (QED) is 0.644. The minimum Gasteiger partial charge on any atom is -0.396 e. The fourth-order valence-electron chi connectivity index (χ4n) is 2.81. The molecule has 2 rings (SSSR count). The zero-order valence-electron chi connectivity index (χ0n) is 9.80. The van der Waals surface area contributed by atoms with Crippen molar-refractivity contribution >= 4 is 5.91 Å². The summed E-state index contributed by atoms with van der Waals surface area (Å²) < 4.78 is 0. The molecule has 3 N–H and O–H groups in total. The lowest BCUT2D eigenvalue weighted by molar-refractivity contribution is -0.125. The van der Waals surface area contributed by atoms with Crippen molar-refractivity contribution < 1.29 is 9.90 Å². The van der Waals surface area contributed by atoms with Gasteiger partial charge in [-0.2, -0.15) is 0 Å². The molecule has 1 heterocycles. The Kier molecular flexibility index (Phi) is 3.82. The Labute approximate surface area is 96.8 Å². The monoisotopic (exact) mass is 226 g/mol. The number of aliphatic hydroxyl groups excluding tert-OH is 1. The number of carbonyl (C=O) groups is 1. The molecular weight excluding hydrogens is 204 g/mol. The maximum absolute atomic E-state index is 11.8. The van der Waals surface area contributed by atoms with Crippen LogP contribution in [0.4, 0.5) is 0 Å². The molecule has 0 radical (unpaired) electrons. The molecule has 4 nitrogen and oxygen atoms in total. The lowest BCUT2D eigenvalue weighted by Crippen LogP contribution is -2.41. The van der Waals surface area contributed by atoms with Gasteiger partial charge in [0, 0.05) is 18.5 Å². The van der Waals surface area contributed by atoms with E-state index in [2.05, 4.69) is 10.6 Å². The van der Waals surface area contributed by atoms with Gasteiger partial charge in [-0.05, 0) is 25.8 Å². The van der Waals surface area contributed by atoms with Gasteiger partial charge in [0.15, 0.2) is 0 Å². The van der Waals surface area contributed by atoms with E-state index in [1.807, 2.05) is 0 Å². The van der Waals surface area contributed by atoms with E-state index in [4.69, 9.17) is 0 Å². The molecule has 1 aliphatic carbocycles. The summed E-state index contributed by atoms with van der Waals surface area (Å²) in [5.41, 5.74) is -0.0261. The van der Waals surface area contributed by atoms with E-state index < -0.39 is 0 Å². The molecule has 1 saturated carbocycles. The summed E-state index contributed by atoms with van der Waals surface area (Å²) in [4.78, 5) is 11.8. The van der Waals surface area contributed by atoms with Crippen LogP contribution < -0.4 is 10.6 Å². The van der Waals surface area contributed by atoms with Gasteiger partial charge < -0.3 is 15.7 Å². The first-order chi connectivity index (χ1) is 7.76. The smallest absolute Gasteiger partial charge is 0.224 e. The summed E-state index contributed by atoms with van der Waals surface area (Å²) in [6, 6.07) is 0. The van der Waals surface area contributed by atoms with Crippen molar-refractivity contribution in [2.75, 3.05) is 26.2 Å². The van der Waals surface area contributed by atoms with Crippen LogP contribution in [-0.4, -0.2) is 37.3 Å². The third-order valence-corrected chi connectivity index (χ3v) is 4.07. The summed E-state index contributed by atoms with van der Waals surface area (Å²) in [7, 11) is 0. The van der Waals surface area contributed by atoms with Crippen LogP contribution in [0.2, 0.25) is 0 Å². The third kappa shape index (κ3) is 2.55. The van der Waals surface area contributed by atoms with Gasteiger partial charge in [-0.3, -0.25) is 4.79 Å². The van der Waals surface area contributed by atoms with E-state index >= 15 is 0 Å². The van der Waals surface area contributed by atoms with Gasteiger partial charge in [-0.25, -0.2) is 0 Å². The standard InChI is InChI=1S/C12H22N2O2/c15-9-12(4-1-2-5-12)8-14-11(16)10-3-6-13-7-10/h10,13,15H,1-9H2,(H,14,16). The number of amides is 1. The topological polar surface area (TPSA) is 61.4 Å². The summed E-state index contributed by atoms with van der Waals surface area (Å²) in [5, 5.41) is 15.6. The lowest BCUT2D eigenvalue weighted by atomic mass is 9.87. The highest BCUT2D eigenvalue weighted by molar-refractivity contribution is 5.79. The number of hydrogen-bond acceptors (Lipinski definition) is 3. The molecule has 2 fully saturated rings. The lowest BCUT2D eigenvalue weighted by Gasteiger charge is -2.27. The normalized spacial score (nSPS) is 28.2. The maximum atomic E-state index is 11.8. The van der Waals surface area contributed by atoms with Crippen molar-refractivity contribution in [1.82, 2.24) is 10.6 Å². The number of rotatable bonds is 4. The second-order valence-electron chi connectivity index (χ2n) is 5.27. The summed E-state index contributed by atoms with van der Waals surface area (Å²) in [5.74, 6) is 0.293. The second-order valence-corrected chi connectivity index (χ2v) is 5.27. The Morgan fingerprint density at radius 3 is 2.75 bits per heavy atom. The first kappa shape index (κ1) is 11.9. The Hall–Kier alpha value is -0.610. The van der Waals surface area contributed by atoms with Gasteiger partial charge in [0.2, 0.25) is 5.91 Å². The maximum Gasteiger partial charge on any atom is 0.224 e. The average Bonchev–Trinajstić information content (AvgIpc) is 2.98. The molecule has 0 aromatic heterocycles. The molecule has 2 aliphatic rings. The highest BCUT2D eigenvalue weighted by Crippen LogP contribution is 2.36. The minimum atomic E-state index is -0.0261. The number of hydrogen-bond donors (Lipinski definition) is 3. The molecule has 92 valence electrons. The van der Waals surface area contributed by atoms with E-state index in [0.29, 0.717) is 6.54 Å². The van der Waals surface area contributed by atoms with Crippen molar-refractivity contribution in [3.63, 3.8) is 0 Å². The van der Waals surface area contributed by atoms with Crippen LogP contribution in [0.1, 0.15) is 32.1 Å². The van der Waals surface area contributed by atoms with Crippen LogP contribution >= 0.6 is 0 Å². The molecule has 16 heavy (non-hydrogen) atoms. The molecule has 0 bridgehead atoms.